The first kappa shape index (κ1) is 18.2. The molecule has 0 spiro atoms. The van der Waals surface area contributed by atoms with Gasteiger partial charge >= 0.3 is 0 Å². The number of anilines is 2. The third-order valence-corrected chi connectivity index (χ3v) is 5.22. The van der Waals surface area contributed by atoms with Crippen molar-refractivity contribution in [3.8, 4) is 0 Å². The van der Waals surface area contributed by atoms with Crippen molar-refractivity contribution in [3.63, 3.8) is 0 Å². The number of nitrogens with one attached hydrogen (secondary N) is 1. The standard InChI is InChI=1S/C16H19N3O3S2/c1-11-8-9-23-15(11)6-7-16(20)18-13-10-12(24(17,21)22)4-5-14(13)19(2)3/h4-10H,1-3H3,(H,18,20)(H2,17,21,22)/b7-6+. The normalized spacial score (nSPS) is 11.7. The van der Waals surface area contributed by atoms with Gasteiger partial charge in [-0.1, -0.05) is 0 Å². The lowest BCUT2D eigenvalue weighted by atomic mass is 10.2. The van der Waals surface area contributed by atoms with Gasteiger partial charge in [-0.3, -0.25) is 4.79 Å². The highest BCUT2D eigenvalue weighted by Gasteiger charge is 2.14. The molecule has 3 N–H and O–H groups in total. The van der Waals surface area contributed by atoms with Crippen LogP contribution < -0.4 is 15.4 Å². The summed E-state index contributed by atoms with van der Waals surface area (Å²) in [6.07, 6.45) is 3.15. The second kappa shape index (κ2) is 7.16. The van der Waals surface area contributed by atoms with Crippen LogP contribution in [0.5, 0.6) is 0 Å². The molecule has 0 saturated heterocycles. The molecule has 24 heavy (non-hydrogen) atoms. The fourth-order valence-corrected chi connectivity index (χ4v) is 3.42. The van der Waals surface area contributed by atoms with Crippen LogP contribution in [0.15, 0.2) is 40.6 Å². The fourth-order valence-electron chi connectivity index (χ4n) is 2.06. The number of benzene rings is 1. The van der Waals surface area contributed by atoms with E-state index in [1.807, 2.05) is 18.4 Å². The molecule has 128 valence electrons. The zero-order valence-electron chi connectivity index (χ0n) is 13.6. The third-order valence-electron chi connectivity index (χ3n) is 3.32. The van der Waals surface area contributed by atoms with Gasteiger partial charge in [0.2, 0.25) is 15.9 Å². The van der Waals surface area contributed by atoms with E-state index in [-0.39, 0.29) is 10.8 Å². The molecular formula is C16H19N3O3S2. The van der Waals surface area contributed by atoms with Crippen molar-refractivity contribution < 1.29 is 13.2 Å². The maximum atomic E-state index is 12.2. The zero-order chi connectivity index (χ0) is 17.9. The summed E-state index contributed by atoms with van der Waals surface area (Å²) in [6, 6.07) is 6.34. The summed E-state index contributed by atoms with van der Waals surface area (Å²) in [5.74, 6) is -0.350. The topological polar surface area (TPSA) is 92.5 Å². The fraction of sp³-hybridized carbons (Fsp3) is 0.188. The van der Waals surface area contributed by atoms with Crippen LogP contribution in [0.1, 0.15) is 10.4 Å². The molecule has 1 aromatic carbocycles. The van der Waals surface area contributed by atoms with Crippen molar-refractivity contribution in [2.24, 2.45) is 5.14 Å². The number of hydrogen-bond acceptors (Lipinski definition) is 5. The first-order valence-electron chi connectivity index (χ1n) is 7.06. The van der Waals surface area contributed by atoms with E-state index in [1.54, 1.807) is 42.5 Å². The average molecular weight is 365 g/mol. The number of carbonyl (C=O) groups excluding carboxylic acids is 1. The molecule has 0 radical (unpaired) electrons. The van der Waals surface area contributed by atoms with Crippen LogP contribution in [-0.2, 0) is 14.8 Å². The van der Waals surface area contributed by atoms with Crippen LogP contribution in [0.25, 0.3) is 6.08 Å². The van der Waals surface area contributed by atoms with Crippen LogP contribution in [0.2, 0.25) is 0 Å². The molecule has 1 heterocycles. The van der Waals surface area contributed by atoms with Crippen molar-refractivity contribution in [2.75, 3.05) is 24.3 Å². The molecule has 8 heteroatoms. The summed E-state index contributed by atoms with van der Waals surface area (Å²) in [4.78, 5) is 14.9. The number of nitrogens with two attached hydrogens (primary N) is 1. The molecule has 0 fully saturated rings. The maximum Gasteiger partial charge on any atom is 0.248 e. The lowest BCUT2D eigenvalue weighted by Crippen LogP contribution is -2.17. The predicted molar refractivity (Wildman–Crippen MR) is 98.9 cm³/mol. The summed E-state index contributed by atoms with van der Waals surface area (Å²) in [7, 11) is -0.247. The molecular weight excluding hydrogens is 346 g/mol. The number of hydrogen-bond donors (Lipinski definition) is 2. The molecule has 0 saturated carbocycles. The van der Waals surface area contributed by atoms with Gasteiger partial charge in [-0.25, -0.2) is 13.6 Å². The Morgan fingerprint density at radius 1 is 1.29 bits per heavy atom. The van der Waals surface area contributed by atoms with Crippen molar-refractivity contribution in [3.05, 3.63) is 46.2 Å². The number of carbonyl (C=O) groups is 1. The van der Waals surface area contributed by atoms with E-state index in [4.69, 9.17) is 5.14 Å². The zero-order valence-corrected chi connectivity index (χ0v) is 15.2. The van der Waals surface area contributed by atoms with E-state index >= 15 is 0 Å². The van der Waals surface area contributed by atoms with Gasteiger partial charge in [0.15, 0.2) is 0 Å². The van der Waals surface area contributed by atoms with Gasteiger partial charge in [-0.15, -0.1) is 11.3 Å². The number of amides is 1. The average Bonchev–Trinajstić information content (AvgIpc) is 2.89. The Morgan fingerprint density at radius 3 is 2.54 bits per heavy atom. The Balaban J connectivity index is 2.28. The van der Waals surface area contributed by atoms with Gasteiger partial charge in [0.05, 0.1) is 16.3 Å². The van der Waals surface area contributed by atoms with E-state index < -0.39 is 10.0 Å². The molecule has 0 aliphatic heterocycles. The summed E-state index contributed by atoms with van der Waals surface area (Å²) in [5.41, 5.74) is 2.15. The molecule has 1 amide bonds. The largest absolute Gasteiger partial charge is 0.376 e. The Kier molecular flexibility index (Phi) is 5.43. The van der Waals surface area contributed by atoms with Gasteiger partial charge < -0.3 is 10.2 Å². The SMILES string of the molecule is Cc1ccsc1/C=C/C(=O)Nc1cc(S(N)(=O)=O)ccc1N(C)C. The van der Waals surface area contributed by atoms with Gasteiger partial charge in [0.25, 0.3) is 0 Å². The van der Waals surface area contributed by atoms with Crippen LogP contribution >= 0.6 is 11.3 Å². The molecule has 0 unspecified atom stereocenters. The minimum Gasteiger partial charge on any atom is -0.376 e. The second-order valence-corrected chi connectivity index (χ2v) is 7.92. The van der Waals surface area contributed by atoms with E-state index in [1.165, 1.54) is 18.2 Å². The number of primary sulfonamides is 1. The number of nitrogens with zero attached hydrogens (tertiary/aromatic N) is 1. The summed E-state index contributed by atoms with van der Waals surface area (Å²) >= 11 is 1.54. The monoisotopic (exact) mass is 365 g/mol. The van der Waals surface area contributed by atoms with Gasteiger partial charge in [-0.2, -0.15) is 0 Å². The quantitative estimate of drug-likeness (QED) is 0.796. The second-order valence-electron chi connectivity index (χ2n) is 5.41. The van der Waals surface area contributed by atoms with Crippen LogP contribution in [-0.4, -0.2) is 28.4 Å². The van der Waals surface area contributed by atoms with Gasteiger partial charge in [0.1, 0.15) is 0 Å². The minimum atomic E-state index is -3.84. The first-order valence-corrected chi connectivity index (χ1v) is 9.48. The number of sulfonamides is 1. The van der Waals surface area contributed by atoms with Crippen LogP contribution in [0.3, 0.4) is 0 Å². The lowest BCUT2D eigenvalue weighted by molar-refractivity contribution is -0.111. The van der Waals surface area contributed by atoms with Crippen LogP contribution in [0, 0.1) is 6.92 Å². The van der Waals surface area contributed by atoms with Gasteiger partial charge in [0, 0.05) is 25.0 Å². The first-order chi connectivity index (χ1) is 11.2. The highest BCUT2D eigenvalue weighted by Crippen LogP contribution is 2.27. The molecule has 2 aromatic rings. The van der Waals surface area contributed by atoms with Crippen molar-refractivity contribution >= 4 is 44.7 Å². The van der Waals surface area contributed by atoms with Crippen molar-refractivity contribution in [1.29, 1.82) is 0 Å². The van der Waals surface area contributed by atoms with Crippen molar-refractivity contribution in [2.45, 2.75) is 11.8 Å². The molecule has 6 nitrogen and oxygen atoms in total. The summed E-state index contributed by atoms with van der Waals surface area (Å²) in [6.45, 7) is 1.97. The molecule has 0 bridgehead atoms. The molecule has 2 rings (SSSR count). The minimum absolute atomic E-state index is 0.0542. The van der Waals surface area contributed by atoms with E-state index in [2.05, 4.69) is 5.32 Å². The Labute approximate surface area is 145 Å². The van der Waals surface area contributed by atoms with Crippen molar-refractivity contribution in [1.82, 2.24) is 0 Å². The predicted octanol–water partition coefficient (Wildman–Crippen LogP) is 2.42. The molecule has 0 aliphatic carbocycles. The highest BCUT2D eigenvalue weighted by atomic mass is 32.2. The summed E-state index contributed by atoms with van der Waals surface area (Å²) < 4.78 is 23.0. The summed E-state index contributed by atoms with van der Waals surface area (Å²) in [5, 5.41) is 9.81. The molecule has 0 atom stereocenters. The smallest absolute Gasteiger partial charge is 0.248 e. The van der Waals surface area contributed by atoms with Gasteiger partial charge in [-0.05, 0) is 48.2 Å². The van der Waals surface area contributed by atoms with E-state index in [0.29, 0.717) is 11.4 Å². The van der Waals surface area contributed by atoms with E-state index in [0.717, 1.165) is 10.4 Å². The van der Waals surface area contributed by atoms with Crippen LogP contribution in [0.4, 0.5) is 11.4 Å². The lowest BCUT2D eigenvalue weighted by Gasteiger charge is -2.18. The maximum absolute atomic E-state index is 12.2. The third kappa shape index (κ3) is 4.44. The highest BCUT2D eigenvalue weighted by molar-refractivity contribution is 7.89. The molecule has 1 aromatic heterocycles. The number of thiophene rings is 1. The Hall–Kier alpha value is -2.16. The number of rotatable bonds is 5. The molecule has 0 aliphatic rings. The number of aryl methyl sites for hydroxylation is 1. The Morgan fingerprint density at radius 2 is 2.00 bits per heavy atom. The Bertz CT molecular complexity index is 884. The van der Waals surface area contributed by atoms with E-state index in [9.17, 15) is 13.2 Å².